The van der Waals surface area contributed by atoms with E-state index in [9.17, 15) is 8.42 Å². The lowest BCUT2D eigenvalue weighted by molar-refractivity contribution is 0.143. The number of benzene rings is 1. The van der Waals surface area contributed by atoms with Crippen LogP contribution in [-0.2, 0) is 10.0 Å². The fourth-order valence-electron chi connectivity index (χ4n) is 3.14. The zero-order chi connectivity index (χ0) is 16.7. The number of rotatable bonds is 8. The number of sulfonamides is 1. The molecule has 0 saturated carbocycles. The Balaban J connectivity index is 1.80. The van der Waals surface area contributed by atoms with E-state index >= 15 is 0 Å². The molecule has 5 nitrogen and oxygen atoms in total. The van der Waals surface area contributed by atoms with Crippen LogP contribution in [0.5, 0.6) is 5.75 Å². The van der Waals surface area contributed by atoms with Crippen LogP contribution in [0.4, 0.5) is 0 Å². The molecule has 1 saturated heterocycles. The summed E-state index contributed by atoms with van der Waals surface area (Å²) in [6, 6.07) is 7.13. The Bertz CT molecular complexity index is 572. The number of piperidine rings is 1. The van der Waals surface area contributed by atoms with Crippen molar-refractivity contribution in [1.29, 1.82) is 0 Å². The summed E-state index contributed by atoms with van der Waals surface area (Å²) in [5.74, 6) is 0.652. The van der Waals surface area contributed by atoms with Gasteiger partial charge in [-0.1, -0.05) is 13.3 Å². The van der Waals surface area contributed by atoms with Gasteiger partial charge in [0, 0.05) is 12.6 Å². The number of nitrogens with one attached hydrogen (secondary N) is 1. The maximum absolute atomic E-state index is 12.2. The van der Waals surface area contributed by atoms with Gasteiger partial charge in [-0.05, 0) is 63.0 Å². The van der Waals surface area contributed by atoms with E-state index in [4.69, 9.17) is 4.74 Å². The largest absolute Gasteiger partial charge is 0.497 e. The van der Waals surface area contributed by atoms with Crippen LogP contribution in [0.25, 0.3) is 0 Å². The molecule has 130 valence electrons. The Hall–Kier alpha value is -1.11. The molecule has 0 amide bonds. The Morgan fingerprint density at radius 1 is 1.26 bits per heavy atom. The molecule has 0 aromatic heterocycles. The summed E-state index contributed by atoms with van der Waals surface area (Å²) in [7, 11) is -1.87. The van der Waals surface area contributed by atoms with E-state index in [-0.39, 0.29) is 4.90 Å². The summed E-state index contributed by atoms with van der Waals surface area (Å²) in [6.07, 6.45) is 5.87. The molecular formula is C17H28N2O3S. The molecule has 0 bridgehead atoms. The van der Waals surface area contributed by atoms with Gasteiger partial charge in [0.05, 0.1) is 12.0 Å². The third kappa shape index (κ3) is 5.19. The lowest BCUT2D eigenvalue weighted by Crippen LogP contribution is -2.40. The van der Waals surface area contributed by atoms with Gasteiger partial charge < -0.3 is 9.64 Å². The van der Waals surface area contributed by atoms with Crippen molar-refractivity contribution in [1.82, 2.24) is 9.62 Å². The Morgan fingerprint density at radius 2 is 2.00 bits per heavy atom. The highest BCUT2D eigenvalue weighted by atomic mass is 32.2. The van der Waals surface area contributed by atoms with E-state index in [1.54, 1.807) is 31.4 Å². The van der Waals surface area contributed by atoms with Gasteiger partial charge in [-0.15, -0.1) is 0 Å². The Morgan fingerprint density at radius 3 is 2.65 bits per heavy atom. The highest BCUT2D eigenvalue weighted by molar-refractivity contribution is 7.89. The average Bonchev–Trinajstić information content (AvgIpc) is 2.59. The first-order valence-electron chi connectivity index (χ1n) is 8.44. The Kier molecular flexibility index (Phi) is 6.87. The third-order valence-corrected chi connectivity index (χ3v) is 5.98. The fourth-order valence-corrected chi connectivity index (χ4v) is 4.22. The van der Waals surface area contributed by atoms with E-state index in [0.717, 1.165) is 19.5 Å². The molecule has 1 aromatic carbocycles. The summed E-state index contributed by atoms with van der Waals surface area (Å²) in [5, 5.41) is 0. The fraction of sp³-hybridized carbons (Fsp3) is 0.647. The molecule has 1 aliphatic rings. The van der Waals surface area contributed by atoms with Crippen molar-refractivity contribution in [3.05, 3.63) is 24.3 Å². The topological polar surface area (TPSA) is 58.6 Å². The van der Waals surface area contributed by atoms with Crippen molar-refractivity contribution in [2.75, 3.05) is 26.7 Å². The van der Waals surface area contributed by atoms with E-state index in [1.807, 2.05) is 0 Å². The normalized spacial score (nSPS) is 19.7. The smallest absolute Gasteiger partial charge is 0.240 e. The van der Waals surface area contributed by atoms with Crippen molar-refractivity contribution < 1.29 is 13.2 Å². The molecule has 1 fully saturated rings. The minimum absolute atomic E-state index is 0.280. The van der Waals surface area contributed by atoms with Crippen molar-refractivity contribution in [3.63, 3.8) is 0 Å². The lowest BCUT2D eigenvalue weighted by atomic mass is 10.00. The van der Waals surface area contributed by atoms with Crippen LogP contribution in [0.2, 0.25) is 0 Å². The van der Waals surface area contributed by atoms with Crippen LogP contribution in [0.15, 0.2) is 29.2 Å². The van der Waals surface area contributed by atoms with Gasteiger partial charge in [0.2, 0.25) is 10.0 Å². The number of methoxy groups -OCH3 is 1. The highest BCUT2D eigenvalue weighted by Gasteiger charge is 2.20. The van der Waals surface area contributed by atoms with Crippen LogP contribution in [0.3, 0.4) is 0 Å². The van der Waals surface area contributed by atoms with Crippen molar-refractivity contribution >= 4 is 10.0 Å². The van der Waals surface area contributed by atoms with Gasteiger partial charge in [0.1, 0.15) is 5.75 Å². The predicted octanol–water partition coefficient (Wildman–Crippen LogP) is 2.63. The number of hydrogen-bond acceptors (Lipinski definition) is 4. The minimum atomic E-state index is -3.43. The summed E-state index contributed by atoms with van der Waals surface area (Å²) in [5.41, 5.74) is 0. The standard InChI is InChI=1S/C17H28N2O3S/c1-3-15-7-4-5-13-19(15)14-6-12-18-23(20,21)17-10-8-16(22-2)9-11-17/h8-11,15,18H,3-7,12-14H2,1-2H3/t15-/m1/s1. The molecule has 0 aliphatic carbocycles. The van der Waals surface area contributed by atoms with Gasteiger partial charge in [-0.3, -0.25) is 0 Å². The molecule has 0 radical (unpaired) electrons. The molecule has 1 heterocycles. The van der Waals surface area contributed by atoms with Gasteiger partial charge in [0.15, 0.2) is 0 Å². The van der Waals surface area contributed by atoms with E-state index in [2.05, 4.69) is 16.5 Å². The molecule has 0 spiro atoms. The van der Waals surface area contributed by atoms with Crippen LogP contribution in [0.1, 0.15) is 39.0 Å². The quantitative estimate of drug-likeness (QED) is 0.739. The lowest BCUT2D eigenvalue weighted by Gasteiger charge is -2.35. The van der Waals surface area contributed by atoms with Crippen LogP contribution in [0, 0.1) is 0 Å². The van der Waals surface area contributed by atoms with Gasteiger partial charge in [0.25, 0.3) is 0 Å². The molecule has 6 heteroatoms. The van der Waals surface area contributed by atoms with Crippen LogP contribution < -0.4 is 9.46 Å². The zero-order valence-corrected chi connectivity index (χ0v) is 14.9. The van der Waals surface area contributed by atoms with E-state index in [1.165, 1.54) is 25.7 Å². The number of hydrogen-bond donors (Lipinski definition) is 1. The maximum Gasteiger partial charge on any atom is 0.240 e. The first-order chi connectivity index (χ1) is 11.1. The summed E-state index contributed by atoms with van der Waals surface area (Å²) >= 11 is 0. The molecule has 1 atom stereocenters. The second-order valence-electron chi connectivity index (χ2n) is 6.02. The third-order valence-electron chi connectivity index (χ3n) is 4.50. The second-order valence-corrected chi connectivity index (χ2v) is 7.79. The molecule has 1 aliphatic heterocycles. The molecule has 2 rings (SSSR count). The Labute approximate surface area is 140 Å². The van der Waals surface area contributed by atoms with Gasteiger partial charge >= 0.3 is 0 Å². The number of ether oxygens (including phenoxy) is 1. The molecule has 0 unspecified atom stereocenters. The van der Waals surface area contributed by atoms with Gasteiger partial charge in [-0.2, -0.15) is 0 Å². The number of likely N-dealkylation sites (tertiary alicyclic amines) is 1. The maximum atomic E-state index is 12.2. The summed E-state index contributed by atoms with van der Waals surface area (Å²) < 4.78 is 32.2. The van der Waals surface area contributed by atoms with Crippen molar-refractivity contribution in [3.8, 4) is 5.75 Å². The van der Waals surface area contributed by atoms with E-state index < -0.39 is 10.0 Å². The van der Waals surface area contributed by atoms with Crippen molar-refractivity contribution in [2.24, 2.45) is 0 Å². The van der Waals surface area contributed by atoms with Crippen LogP contribution >= 0.6 is 0 Å². The van der Waals surface area contributed by atoms with E-state index in [0.29, 0.717) is 18.3 Å². The SMILES string of the molecule is CC[C@@H]1CCCCN1CCCNS(=O)(=O)c1ccc(OC)cc1. The predicted molar refractivity (Wildman–Crippen MR) is 92.3 cm³/mol. The molecule has 1 N–H and O–H groups in total. The molecule has 1 aromatic rings. The first-order valence-corrected chi connectivity index (χ1v) is 9.93. The summed E-state index contributed by atoms with van der Waals surface area (Å²) in [4.78, 5) is 2.79. The zero-order valence-electron chi connectivity index (χ0n) is 14.1. The van der Waals surface area contributed by atoms with Gasteiger partial charge in [-0.25, -0.2) is 13.1 Å². The van der Waals surface area contributed by atoms with Crippen molar-refractivity contribution in [2.45, 2.75) is 50.0 Å². The first kappa shape index (κ1) is 18.2. The summed E-state index contributed by atoms with van der Waals surface area (Å²) in [6.45, 7) is 4.81. The number of nitrogens with zero attached hydrogens (tertiary/aromatic N) is 1. The molecule has 23 heavy (non-hydrogen) atoms. The van der Waals surface area contributed by atoms with Crippen LogP contribution in [-0.4, -0.2) is 46.1 Å². The molecular weight excluding hydrogens is 312 g/mol. The second kappa shape index (κ2) is 8.66. The average molecular weight is 340 g/mol. The minimum Gasteiger partial charge on any atom is -0.497 e. The highest BCUT2D eigenvalue weighted by Crippen LogP contribution is 2.19. The monoisotopic (exact) mass is 340 g/mol.